The summed E-state index contributed by atoms with van der Waals surface area (Å²) < 4.78 is 30.3. The summed E-state index contributed by atoms with van der Waals surface area (Å²) in [5.41, 5.74) is -0.303. The third kappa shape index (κ3) is 9.50. The van der Waals surface area contributed by atoms with Crippen LogP contribution < -0.4 is 0 Å². The topological polar surface area (TPSA) is 74.6 Å². The Morgan fingerprint density at radius 2 is 1.65 bits per heavy atom. The largest absolute Gasteiger partial charge is 0.375 e. The van der Waals surface area contributed by atoms with Gasteiger partial charge in [-0.05, 0) is 44.9 Å². The van der Waals surface area contributed by atoms with Gasteiger partial charge in [0.1, 0.15) is 0 Å². The van der Waals surface area contributed by atoms with Gasteiger partial charge >= 0.3 is 0 Å². The first-order valence-electron chi connectivity index (χ1n) is 7.42. The molecule has 0 aromatic heterocycles. The smallest absolute Gasteiger partial charge is 0.292 e. The summed E-state index contributed by atoms with van der Waals surface area (Å²) in [5, 5.41) is 9.39. The second-order valence-corrected chi connectivity index (χ2v) is 7.64. The van der Waals surface area contributed by atoms with Crippen molar-refractivity contribution in [1.82, 2.24) is 0 Å². The molecule has 4 nitrogen and oxygen atoms in total. The molecule has 0 saturated carbocycles. The van der Waals surface area contributed by atoms with Gasteiger partial charge in [0, 0.05) is 0 Å². The number of hydrogen-bond acceptors (Lipinski definition) is 3. The normalized spacial score (nSPS) is 16.5. The van der Waals surface area contributed by atoms with Crippen molar-refractivity contribution in [1.29, 1.82) is 0 Å². The van der Waals surface area contributed by atoms with Crippen molar-refractivity contribution in [3.05, 3.63) is 11.6 Å². The maximum atomic E-state index is 10.8. The predicted octanol–water partition coefficient (Wildman–Crippen LogP) is 3.77. The monoisotopic (exact) mass is 306 g/mol. The first-order valence-corrected chi connectivity index (χ1v) is 8.92. The number of allylic oxidation sites excluding steroid dienone is 2. The highest BCUT2D eigenvalue weighted by Crippen LogP contribution is 2.20. The molecule has 3 atom stereocenters. The molecule has 0 fully saturated rings. The average Bonchev–Trinajstić information content (AvgIpc) is 2.31. The molecule has 120 valence electrons. The Labute approximate surface area is 124 Å². The van der Waals surface area contributed by atoms with E-state index in [0.29, 0.717) is 12.3 Å². The number of aliphatic hydroxyl groups excluding tert-OH is 1. The van der Waals surface area contributed by atoms with E-state index in [4.69, 9.17) is 4.55 Å². The van der Waals surface area contributed by atoms with Crippen LogP contribution in [0.2, 0.25) is 0 Å². The van der Waals surface area contributed by atoms with E-state index in [9.17, 15) is 13.5 Å². The van der Waals surface area contributed by atoms with E-state index in [-0.39, 0.29) is 0 Å². The van der Waals surface area contributed by atoms with Crippen LogP contribution in [0.4, 0.5) is 0 Å². The minimum Gasteiger partial charge on any atom is -0.375 e. The third-order valence-corrected chi connectivity index (χ3v) is 4.69. The summed E-state index contributed by atoms with van der Waals surface area (Å²) in [5.74, 6) is 0.235. The Bertz CT molecular complexity index is 383. The highest BCUT2D eigenvalue weighted by Gasteiger charge is 2.25. The van der Waals surface area contributed by atoms with Crippen LogP contribution >= 0.6 is 0 Å². The standard InChI is InChI=1S/C15H30O4S/c1-12(2)8-7-10-13(3)9-5-6-11-14(4)15(16)20(17,18)19/h8,13-16H,5-7,9-11H2,1-4H3,(H,17,18,19). The summed E-state index contributed by atoms with van der Waals surface area (Å²) in [4.78, 5) is 0. The summed E-state index contributed by atoms with van der Waals surface area (Å²) >= 11 is 0. The summed E-state index contributed by atoms with van der Waals surface area (Å²) in [6.45, 7) is 8.09. The lowest BCUT2D eigenvalue weighted by atomic mass is 9.96. The number of aliphatic hydroxyl groups is 1. The molecule has 0 radical (unpaired) electrons. The molecule has 0 saturated heterocycles. The van der Waals surface area contributed by atoms with Crippen LogP contribution in [-0.2, 0) is 10.1 Å². The molecule has 0 aliphatic carbocycles. The molecule has 0 aliphatic heterocycles. The fraction of sp³-hybridized carbons (Fsp3) is 0.867. The van der Waals surface area contributed by atoms with Crippen molar-refractivity contribution < 1.29 is 18.1 Å². The Morgan fingerprint density at radius 1 is 1.10 bits per heavy atom. The molecule has 0 aromatic rings. The molecular formula is C15H30O4S. The molecule has 0 aliphatic rings. The lowest BCUT2D eigenvalue weighted by molar-refractivity contribution is 0.169. The van der Waals surface area contributed by atoms with Crippen LogP contribution in [0.15, 0.2) is 11.6 Å². The van der Waals surface area contributed by atoms with Gasteiger partial charge in [0.05, 0.1) is 0 Å². The van der Waals surface area contributed by atoms with Crippen LogP contribution in [0.5, 0.6) is 0 Å². The molecule has 0 spiro atoms. The highest BCUT2D eigenvalue weighted by atomic mass is 32.2. The summed E-state index contributed by atoms with van der Waals surface area (Å²) in [7, 11) is -4.33. The van der Waals surface area contributed by atoms with Crippen LogP contribution in [-0.4, -0.2) is 23.5 Å². The minimum atomic E-state index is -4.33. The fourth-order valence-corrected chi connectivity index (χ4v) is 2.92. The maximum absolute atomic E-state index is 10.8. The van der Waals surface area contributed by atoms with Crippen LogP contribution in [0.25, 0.3) is 0 Å². The quantitative estimate of drug-likeness (QED) is 0.366. The first kappa shape index (κ1) is 19.6. The van der Waals surface area contributed by atoms with Crippen molar-refractivity contribution in [2.75, 3.05) is 0 Å². The zero-order chi connectivity index (χ0) is 15.8. The van der Waals surface area contributed by atoms with Gasteiger partial charge in [0.25, 0.3) is 10.1 Å². The number of rotatable bonds is 10. The van der Waals surface area contributed by atoms with Gasteiger partial charge in [-0.3, -0.25) is 4.55 Å². The Hall–Kier alpha value is -0.390. The number of hydrogen-bond donors (Lipinski definition) is 2. The van der Waals surface area contributed by atoms with E-state index in [2.05, 4.69) is 26.8 Å². The third-order valence-electron chi connectivity index (χ3n) is 3.61. The van der Waals surface area contributed by atoms with E-state index in [0.717, 1.165) is 25.7 Å². The lowest BCUT2D eigenvalue weighted by Crippen LogP contribution is -2.27. The van der Waals surface area contributed by atoms with Crippen molar-refractivity contribution in [2.24, 2.45) is 11.8 Å². The molecule has 0 aromatic carbocycles. The zero-order valence-corrected chi connectivity index (χ0v) is 14.0. The fourth-order valence-electron chi connectivity index (χ4n) is 2.20. The van der Waals surface area contributed by atoms with E-state index in [1.165, 1.54) is 12.0 Å². The van der Waals surface area contributed by atoms with Crippen LogP contribution in [0.1, 0.15) is 66.2 Å². The summed E-state index contributed by atoms with van der Waals surface area (Å²) in [6, 6.07) is 0. The van der Waals surface area contributed by atoms with Gasteiger partial charge in [-0.1, -0.05) is 44.8 Å². The lowest BCUT2D eigenvalue weighted by Gasteiger charge is -2.16. The predicted molar refractivity (Wildman–Crippen MR) is 83.0 cm³/mol. The van der Waals surface area contributed by atoms with E-state index >= 15 is 0 Å². The van der Waals surface area contributed by atoms with Crippen LogP contribution in [0, 0.1) is 11.8 Å². The highest BCUT2D eigenvalue weighted by molar-refractivity contribution is 7.86. The first-order chi connectivity index (χ1) is 9.14. The molecular weight excluding hydrogens is 276 g/mol. The molecule has 2 N–H and O–H groups in total. The maximum Gasteiger partial charge on any atom is 0.292 e. The van der Waals surface area contributed by atoms with Crippen molar-refractivity contribution in [3.63, 3.8) is 0 Å². The molecule has 0 heterocycles. The van der Waals surface area contributed by atoms with Crippen molar-refractivity contribution >= 4 is 10.1 Å². The van der Waals surface area contributed by atoms with Crippen molar-refractivity contribution in [2.45, 2.75) is 71.7 Å². The summed E-state index contributed by atoms with van der Waals surface area (Å²) in [6.07, 6.45) is 8.17. The zero-order valence-electron chi connectivity index (χ0n) is 13.2. The molecule has 0 amide bonds. The van der Waals surface area contributed by atoms with Gasteiger partial charge in [-0.25, -0.2) is 0 Å². The molecule has 20 heavy (non-hydrogen) atoms. The van der Waals surface area contributed by atoms with Gasteiger partial charge < -0.3 is 5.11 Å². The molecule has 3 unspecified atom stereocenters. The second-order valence-electron chi connectivity index (χ2n) is 6.13. The Kier molecular flexibility index (Phi) is 9.34. The number of unbranched alkanes of at least 4 members (excludes halogenated alkanes) is 1. The second kappa shape index (κ2) is 9.53. The average molecular weight is 306 g/mol. The van der Waals surface area contributed by atoms with E-state index in [1.54, 1.807) is 6.92 Å². The Morgan fingerprint density at radius 3 is 2.15 bits per heavy atom. The van der Waals surface area contributed by atoms with E-state index < -0.39 is 21.5 Å². The minimum absolute atomic E-state index is 0.425. The van der Waals surface area contributed by atoms with Gasteiger partial charge in [0.2, 0.25) is 0 Å². The molecule has 5 heteroatoms. The van der Waals surface area contributed by atoms with Gasteiger partial charge in [0.15, 0.2) is 5.44 Å². The van der Waals surface area contributed by atoms with Crippen LogP contribution in [0.3, 0.4) is 0 Å². The van der Waals surface area contributed by atoms with E-state index in [1.807, 2.05) is 0 Å². The van der Waals surface area contributed by atoms with Gasteiger partial charge in [-0.2, -0.15) is 8.42 Å². The van der Waals surface area contributed by atoms with Crippen molar-refractivity contribution in [3.8, 4) is 0 Å². The molecule has 0 bridgehead atoms. The SMILES string of the molecule is CC(C)=CCCC(C)CCCCC(C)C(O)S(=O)(=O)O. The Balaban J connectivity index is 3.78. The molecule has 0 rings (SSSR count). The van der Waals surface area contributed by atoms with Gasteiger partial charge in [-0.15, -0.1) is 0 Å².